The number of carbonyl (C=O) groups excluding carboxylic acids is 2. The van der Waals surface area contributed by atoms with Crippen molar-refractivity contribution in [2.24, 2.45) is 0 Å². The smallest absolute Gasteiger partial charge is 0.269 e. The van der Waals surface area contributed by atoms with Crippen LogP contribution < -0.4 is 15.6 Å². The Bertz CT molecular complexity index is 1310. The summed E-state index contributed by atoms with van der Waals surface area (Å²) in [6.45, 7) is 5.57. The quantitative estimate of drug-likeness (QED) is 0.259. The van der Waals surface area contributed by atoms with Gasteiger partial charge in [0.25, 0.3) is 11.8 Å². The molecule has 2 aromatic carbocycles. The average molecular weight is 500 g/mol. The highest BCUT2D eigenvalue weighted by Gasteiger charge is 2.13. The van der Waals surface area contributed by atoms with Crippen LogP contribution in [0.25, 0.3) is 0 Å². The third-order valence-corrected chi connectivity index (χ3v) is 6.14. The number of nitrogens with zero attached hydrogens (tertiary/aromatic N) is 2. The third kappa shape index (κ3) is 7.29. The molecular formula is C23H25N5O4S2. The summed E-state index contributed by atoms with van der Waals surface area (Å²) in [5.74, 6) is -0.406. The molecule has 3 rings (SSSR count). The molecule has 1 heterocycles. The number of aryl methyl sites for hydroxylation is 3. The average Bonchev–Trinajstić information content (AvgIpc) is 2.76. The van der Waals surface area contributed by atoms with E-state index >= 15 is 0 Å². The van der Waals surface area contributed by atoms with Crippen molar-refractivity contribution in [2.75, 3.05) is 11.0 Å². The minimum Gasteiger partial charge on any atom is -0.283 e. The lowest BCUT2D eigenvalue weighted by atomic mass is 10.1. The van der Waals surface area contributed by atoms with E-state index < -0.39 is 21.8 Å². The molecule has 11 heteroatoms. The molecule has 0 aliphatic heterocycles. The lowest BCUT2D eigenvalue weighted by Crippen LogP contribution is -2.41. The number of hydrazine groups is 1. The first-order valence-corrected chi connectivity index (χ1v) is 13.1. The van der Waals surface area contributed by atoms with Crippen LogP contribution in [0.15, 0.2) is 53.7 Å². The molecule has 0 aliphatic carbocycles. The van der Waals surface area contributed by atoms with Gasteiger partial charge < -0.3 is 0 Å². The number of rotatable bonds is 7. The summed E-state index contributed by atoms with van der Waals surface area (Å²) in [6.07, 6.45) is 1.03. The molecule has 1 aromatic heterocycles. The Morgan fingerprint density at radius 3 is 2.00 bits per heavy atom. The predicted molar refractivity (Wildman–Crippen MR) is 132 cm³/mol. The Morgan fingerprint density at radius 2 is 1.41 bits per heavy atom. The van der Waals surface area contributed by atoms with Gasteiger partial charge in [-0.1, -0.05) is 30.0 Å². The highest BCUT2D eigenvalue weighted by Crippen LogP contribution is 2.20. The van der Waals surface area contributed by atoms with Gasteiger partial charge in [0.05, 0.1) is 11.9 Å². The van der Waals surface area contributed by atoms with Gasteiger partial charge in [-0.15, -0.1) is 0 Å². The van der Waals surface area contributed by atoms with Crippen LogP contribution in [0.2, 0.25) is 0 Å². The van der Waals surface area contributed by atoms with E-state index in [9.17, 15) is 18.0 Å². The molecule has 0 spiro atoms. The number of hydrogen-bond donors (Lipinski definition) is 3. The highest BCUT2D eigenvalue weighted by molar-refractivity contribution is 7.98. The molecule has 178 valence electrons. The fourth-order valence-corrected chi connectivity index (χ4v) is 4.51. The number of thioether (sulfide) groups is 1. The Morgan fingerprint density at radius 1 is 0.853 bits per heavy atom. The van der Waals surface area contributed by atoms with Crippen molar-refractivity contribution in [2.45, 2.75) is 31.7 Å². The molecule has 0 radical (unpaired) electrons. The van der Waals surface area contributed by atoms with Crippen LogP contribution in [0.3, 0.4) is 0 Å². The number of hydrogen-bond acceptors (Lipinski definition) is 7. The standard InChI is InChI=1S/C23H25N5O4S2/c1-14-5-8-19(12-20(14)28-34(4,31)32)22(30)27-26-21(29)18-9-6-17(7-10-18)13-33-23-24-15(2)11-16(3)25-23/h5-12,28H,13H2,1-4H3,(H,26,29)(H,27,30). The van der Waals surface area contributed by atoms with E-state index in [0.717, 1.165) is 23.2 Å². The Balaban J connectivity index is 1.56. The van der Waals surface area contributed by atoms with Crippen molar-refractivity contribution < 1.29 is 18.0 Å². The van der Waals surface area contributed by atoms with Gasteiger partial charge in [0.15, 0.2) is 5.16 Å². The molecule has 3 aromatic rings. The second-order valence-electron chi connectivity index (χ2n) is 7.73. The number of nitrogens with one attached hydrogen (secondary N) is 3. The minimum atomic E-state index is -3.49. The Labute approximate surface area is 202 Å². The van der Waals surface area contributed by atoms with Crippen LogP contribution in [-0.4, -0.2) is 36.5 Å². The first-order chi connectivity index (χ1) is 16.0. The molecule has 0 aliphatic rings. The van der Waals surface area contributed by atoms with Crippen LogP contribution in [0, 0.1) is 20.8 Å². The zero-order chi connectivity index (χ0) is 24.9. The van der Waals surface area contributed by atoms with Crippen LogP contribution in [0.1, 0.15) is 43.2 Å². The number of aromatic nitrogens is 2. The molecule has 0 fully saturated rings. The first-order valence-electron chi connectivity index (χ1n) is 10.2. The van der Waals surface area contributed by atoms with Gasteiger partial charge in [-0.25, -0.2) is 18.4 Å². The Hall–Kier alpha value is -3.44. The summed E-state index contributed by atoms with van der Waals surface area (Å²) in [6, 6.07) is 13.5. The maximum Gasteiger partial charge on any atom is 0.269 e. The molecule has 0 unspecified atom stereocenters. The zero-order valence-electron chi connectivity index (χ0n) is 19.2. The number of carbonyl (C=O) groups is 2. The van der Waals surface area contributed by atoms with Gasteiger partial charge in [0, 0.05) is 28.3 Å². The maximum absolute atomic E-state index is 12.4. The van der Waals surface area contributed by atoms with E-state index in [0.29, 0.717) is 27.7 Å². The lowest BCUT2D eigenvalue weighted by Gasteiger charge is -2.11. The number of sulfonamides is 1. The molecule has 0 saturated carbocycles. The number of amides is 2. The molecule has 0 bridgehead atoms. The molecule has 34 heavy (non-hydrogen) atoms. The van der Waals surface area contributed by atoms with Crippen LogP contribution in [0.4, 0.5) is 5.69 Å². The van der Waals surface area contributed by atoms with Crippen molar-refractivity contribution in [1.29, 1.82) is 0 Å². The molecule has 0 atom stereocenters. The van der Waals surface area contributed by atoms with Crippen molar-refractivity contribution in [1.82, 2.24) is 20.8 Å². The highest BCUT2D eigenvalue weighted by atomic mass is 32.2. The Kier molecular flexibility index (Phi) is 7.90. The minimum absolute atomic E-state index is 0.193. The summed E-state index contributed by atoms with van der Waals surface area (Å²) in [5.41, 5.74) is 9.06. The van der Waals surface area contributed by atoms with Crippen LogP contribution >= 0.6 is 11.8 Å². The maximum atomic E-state index is 12.4. The molecule has 9 nitrogen and oxygen atoms in total. The van der Waals surface area contributed by atoms with E-state index in [2.05, 4.69) is 25.5 Å². The summed E-state index contributed by atoms with van der Waals surface area (Å²) in [5, 5.41) is 0.702. The number of benzene rings is 2. The van der Waals surface area contributed by atoms with Gasteiger partial charge in [-0.2, -0.15) is 0 Å². The molecule has 2 amide bonds. The van der Waals surface area contributed by atoms with Crippen LogP contribution in [0.5, 0.6) is 0 Å². The monoisotopic (exact) mass is 499 g/mol. The van der Waals surface area contributed by atoms with E-state index in [-0.39, 0.29) is 5.56 Å². The second kappa shape index (κ2) is 10.7. The molecular weight excluding hydrogens is 474 g/mol. The van der Waals surface area contributed by atoms with Crippen molar-refractivity contribution in [3.05, 3.63) is 82.2 Å². The summed E-state index contributed by atoms with van der Waals surface area (Å²) in [7, 11) is -3.49. The van der Waals surface area contributed by atoms with E-state index in [1.807, 2.05) is 32.0 Å². The van der Waals surface area contributed by atoms with Gasteiger partial charge >= 0.3 is 0 Å². The fourth-order valence-electron chi connectivity index (χ4n) is 2.99. The van der Waals surface area contributed by atoms with E-state index in [1.54, 1.807) is 25.1 Å². The van der Waals surface area contributed by atoms with Gasteiger partial charge in [-0.3, -0.25) is 25.2 Å². The molecule has 3 N–H and O–H groups in total. The van der Waals surface area contributed by atoms with E-state index in [1.165, 1.54) is 23.9 Å². The SMILES string of the molecule is Cc1cc(C)nc(SCc2ccc(C(=O)NNC(=O)c3ccc(C)c(NS(C)(=O)=O)c3)cc2)n1. The van der Waals surface area contributed by atoms with Gasteiger partial charge in [0.2, 0.25) is 10.0 Å². The number of anilines is 1. The van der Waals surface area contributed by atoms with Gasteiger partial charge in [-0.05, 0) is 62.2 Å². The van der Waals surface area contributed by atoms with Gasteiger partial charge in [0.1, 0.15) is 0 Å². The van der Waals surface area contributed by atoms with Crippen molar-refractivity contribution in [3.63, 3.8) is 0 Å². The summed E-state index contributed by atoms with van der Waals surface area (Å²) in [4.78, 5) is 33.6. The summed E-state index contributed by atoms with van der Waals surface area (Å²) < 4.78 is 25.3. The van der Waals surface area contributed by atoms with E-state index in [4.69, 9.17) is 0 Å². The summed E-state index contributed by atoms with van der Waals surface area (Å²) >= 11 is 1.51. The predicted octanol–water partition coefficient (Wildman–Crippen LogP) is 3.14. The third-order valence-electron chi connectivity index (χ3n) is 4.63. The first kappa shape index (κ1) is 25.2. The van der Waals surface area contributed by atoms with Crippen molar-refractivity contribution in [3.8, 4) is 0 Å². The zero-order valence-corrected chi connectivity index (χ0v) is 20.8. The van der Waals surface area contributed by atoms with Crippen LogP contribution in [-0.2, 0) is 15.8 Å². The second-order valence-corrected chi connectivity index (χ2v) is 10.4. The van der Waals surface area contributed by atoms with Crippen molar-refractivity contribution >= 4 is 39.3 Å². The lowest BCUT2D eigenvalue weighted by molar-refractivity contribution is 0.0846. The fraction of sp³-hybridized carbons (Fsp3) is 0.217. The topological polar surface area (TPSA) is 130 Å². The largest absolute Gasteiger partial charge is 0.283 e. The molecule has 0 saturated heterocycles. The normalized spacial score (nSPS) is 11.1.